The number of nitrogens with zero attached hydrogens (tertiary/aromatic N) is 2. The molecule has 0 saturated heterocycles. The molecular weight excluding hydrogens is 382 g/mol. The van der Waals surface area contributed by atoms with E-state index >= 15 is 0 Å². The second-order valence-corrected chi connectivity index (χ2v) is 6.72. The van der Waals surface area contributed by atoms with Crippen LogP contribution < -0.4 is 10.1 Å². The maximum absolute atomic E-state index is 12.0. The molecule has 146 valence electrons. The number of hydrogen-bond donors (Lipinski definition) is 1. The van der Waals surface area contributed by atoms with E-state index in [-0.39, 0.29) is 19.4 Å². The molecule has 0 spiro atoms. The second kappa shape index (κ2) is 9.14. The quantitative estimate of drug-likeness (QED) is 0.578. The summed E-state index contributed by atoms with van der Waals surface area (Å²) >= 11 is 1.53. The second-order valence-electron chi connectivity index (χ2n) is 5.94. The lowest BCUT2D eigenvalue weighted by atomic mass is 10.2. The molecule has 0 fully saturated rings. The molecule has 9 heteroatoms. The van der Waals surface area contributed by atoms with Gasteiger partial charge < -0.3 is 19.3 Å². The molecule has 0 radical (unpaired) electrons. The Morgan fingerprint density at radius 1 is 1.29 bits per heavy atom. The predicted octanol–water partition coefficient (Wildman–Crippen LogP) is 3.23. The zero-order valence-electron chi connectivity index (χ0n) is 15.4. The topological polar surface area (TPSA) is 104 Å². The number of ether oxygens (including phenoxy) is 2. The molecule has 2 heterocycles. The highest BCUT2D eigenvalue weighted by atomic mass is 32.1. The first-order valence-electron chi connectivity index (χ1n) is 8.50. The van der Waals surface area contributed by atoms with Crippen LogP contribution in [0.1, 0.15) is 17.9 Å². The number of rotatable bonds is 8. The molecule has 1 N–H and O–H groups in total. The number of thiophene rings is 1. The van der Waals surface area contributed by atoms with Gasteiger partial charge in [-0.15, -0.1) is 0 Å². The molecule has 0 atom stereocenters. The van der Waals surface area contributed by atoms with Crippen LogP contribution in [0.4, 0.5) is 5.69 Å². The first-order valence-corrected chi connectivity index (χ1v) is 9.44. The van der Waals surface area contributed by atoms with Crippen LogP contribution in [-0.4, -0.2) is 35.7 Å². The van der Waals surface area contributed by atoms with Gasteiger partial charge in [0.05, 0.1) is 19.2 Å². The van der Waals surface area contributed by atoms with E-state index in [2.05, 4.69) is 15.5 Å². The monoisotopic (exact) mass is 401 g/mol. The number of aromatic nitrogens is 2. The van der Waals surface area contributed by atoms with Crippen LogP contribution in [0.2, 0.25) is 0 Å². The first kappa shape index (κ1) is 19.6. The van der Waals surface area contributed by atoms with Crippen molar-refractivity contribution in [1.82, 2.24) is 10.1 Å². The molecule has 0 aliphatic rings. The summed E-state index contributed by atoms with van der Waals surface area (Å²) < 4.78 is 15.3. The number of benzene rings is 1. The van der Waals surface area contributed by atoms with Crippen LogP contribution in [0, 0.1) is 6.92 Å². The van der Waals surface area contributed by atoms with Crippen molar-refractivity contribution in [1.29, 1.82) is 0 Å². The highest BCUT2D eigenvalue weighted by Crippen LogP contribution is 2.25. The number of amides is 1. The largest absolute Gasteiger partial charge is 0.495 e. The number of carbonyl (C=O) groups excluding carboxylic acids is 2. The average molecular weight is 401 g/mol. The lowest BCUT2D eigenvalue weighted by Gasteiger charge is -2.11. The van der Waals surface area contributed by atoms with Crippen molar-refractivity contribution >= 4 is 28.9 Å². The van der Waals surface area contributed by atoms with E-state index in [0.29, 0.717) is 23.2 Å². The highest BCUT2D eigenvalue weighted by molar-refractivity contribution is 7.08. The van der Waals surface area contributed by atoms with Crippen molar-refractivity contribution in [3.63, 3.8) is 0 Å². The molecule has 8 nitrogen and oxygen atoms in total. The molecule has 3 aromatic rings. The zero-order valence-corrected chi connectivity index (χ0v) is 16.2. The molecule has 0 unspecified atom stereocenters. The third-order valence-electron chi connectivity index (χ3n) is 3.78. The van der Waals surface area contributed by atoms with E-state index in [1.54, 1.807) is 12.1 Å². The van der Waals surface area contributed by atoms with Gasteiger partial charge in [-0.05, 0) is 36.1 Å². The minimum atomic E-state index is -0.526. The number of esters is 1. The van der Waals surface area contributed by atoms with Crippen LogP contribution in [0.5, 0.6) is 5.75 Å². The summed E-state index contributed by atoms with van der Waals surface area (Å²) in [4.78, 5) is 28.1. The van der Waals surface area contributed by atoms with Gasteiger partial charge >= 0.3 is 5.97 Å². The maximum atomic E-state index is 12.0. The zero-order chi connectivity index (χ0) is 19.9. The Hall–Kier alpha value is -3.20. The minimum absolute atomic E-state index is 0.0340. The average Bonchev–Trinajstić information content (AvgIpc) is 3.36. The van der Waals surface area contributed by atoms with E-state index in [1.165, 1.54) is 18.4 Å². The highest BCUT2D eigenvalue weighted by Gasteiger charge is 2.14. The van der Waals surface area contributed by atoms with Crippen molar-refractivity contribution in [3.8, 4) is 17.1 Å². The van der Waals surface area contributed by atoms with E-state index in [1.807, 2.05) is 29.8 Å². The molecule has 0 aliphatic heterocycles. The lowest BCUT2D eigenvalue weighted by molar-refractivity contribution is -0.147. The van der Waals surface area contributed by atoms with Gasteiger partial charge in [0.25, 0.3) is 5.91 Å². The Morgan fingerprint density at radius 3 is 2.89 bits per heavy atom. The fourth-order valence-electron chi connectivity index (χ4n) is 2.40. The SMILES string of the molecule is COc1ccc(C)cc1NC(=O)COC(=O)CCc1nc(-c2ccsc2)no1. The van der Waals surface area contributed by atoms with Crippen LogP contribution >= 0.6 is 11.3 Å². The number of anilines is 1. The number of carbonyl (C=O) groups is 2. The number of methoxy groups -OCH3 is 1. The molecule has 1 aromatic carbocycles. The fraction of sp³-hybridized carbons (Fsp3) is 0.263. The fourth-order valence-corrected chi connectivity index (χ4v) is 3.03. The van der Waals surface area contributed by atoms with Crippen LogP contribution in [-0.2, 0) is 20.7 Å². The van der Waals surface area contributed by atoms with Crippen molar-refractivity contribution in [2.24, 2.45) is 0 Å². The van der Waals surface area contributed by atoms with Crippen LogP contribution in [0.25, 0.3) is 11.4 Å². The van der Waals surface area contributed by atoms with Gasteiger partial charge in [-0.25, -0.2) is 0 Å². The van der Waals surface area contributed by atoms with Gasteiger partial charge in [0.15, 0.2) is 6.61 Å². The number of aryl methyl sites for hydroxylation is 2. The van der Waals surface area contributed by atoms with Crippen molar-refractivity contribution in [3.05, 3.63) is 46.5 Å². The molecular formula is C19H19N3O5S. The molecule has 1 amide bonds. The third kappa shape index (κ3) is 5.17. The maximum Gasteiger partial charge on any atom is 0.306 e. The third-order valence-corrected chi connectivity index (χ3v) is 4.47. The summed E-state index contributed by atoms with van der Waals surface area (Å²) in [5.41, 5.74) is 2.36. The Balaban J connectivity index is 1.44. The summed E-state index contributed by atoms with van der Waals surface area (Å²) in [6.45, 7) is 1.51. The smallest absolute Gasteiger partial charge is 0.306 e. The van der Waals surface area contributed by atoms with Gasteiger partial charge in [-0.2, -0.15) is 16.3 Å². The molecule has 2 aromatic heterocycles. The molecule has 0 aliphatic carbocycles. The Bertz CT molecular complexity index is 952. The summed E-state index contributed by atoms with van der Waals surface area (Å²) in [6.07, 6.45) is 0.273. The van der Waals surface area contributed by atoms with E-state index in [0.717, 1.165) is 11.1 Å². The van der Waals surface area contributed by atoms with Crippen molar-refractivity contribution in [2.45, 2.75) is 19.8 Å². The molecule has 0 bridgehead atoms. The van der Waals surface area contributed by atoms with E-state index < -0.39 is 11.9 Å². The van der Waals surface area contributed by atoms with Gasteiger partial charge in [0, 0.05) is 17.4 Å². The van der Waals surface area contributed by atoms with Crippen LogP contribution in [0.15, 0.2) is 39.5 Å². The Kier molecular flexibility index (Phi) is 6.38. The normalized spacial score (nSPS) is 10.5. The van der Waals surface area contributed by atoms with E-state index in [4.69, 9.17) is 14.0 Å². The number of nitrogens with one attached hydrogen (secondary N) is 1. The predicted molar refractivity (Wildman–Crippen MR) is 103 cm³/mol. The Morgan fingerprint density at radius 2 is 2.14 bits per heavy atom. The molecule has 3 rings (SSSR count). The summed E-state index contributed by atoms with van der Waals surface area (Å²) in [5.74, 6) is 0.378. The van der Waals surface area contributed by atoms with Gasteiger partial charge in [-0.1, -0.05) is 11.2 Å². The van der Waals surface area contributed by atoms with Crippen LogP contribution in [0.3, 0.4) is 0 Å². The minimum Gasteiger partial charge on any atom is -0.495 e. The standard InChI is InChI=1S/C19H19N3O5S/c1-12-3-4-15(25-2)14(9-12)20-16(23)10-26-18(24)6-5-17-21-19(22-27-17)13-7-8-28-11-13/h3-4,7-9,11H,5-6,10H2,1-2H3,(H,20,23). The van der Waals surface area contributed by atoms with Gasteiger partial charge in [0.1, 0.15) is 5.75 Å². The van der Waals surface area contributed by atoms with Gasteiger partial charge in [0.2, 0.25) is 11.7 Å². The number of hydrogen-bond acceptors (Lipinski definition) is 8. The molecule has 0 saturated carbocycles. The lowest BCUT2D eigenvalue weighted by Crippen LogP contribution is -2.21. The first-order chi connectivity index (χ1) is 13.5. The van der Waals surface area contributed by atoms with Gasteiger partial charge in [-0.3, -0.25) is 9.59 Å². The summed E-state index contributed by atoms with van der Waals surface area (Å²) in [7, 11) is 1.52. The summed E-state index contributed by atoms with van der Waals surface area (Å²) in [5, 5.41) is 10.4. The van der Waals surface area contributed by atoms with Crippen molar-refractivity contribution < 1.29 is 23.6 Å². The van der Waals surface area contributed by atoms with E-state index in [9.17, 15) is 9.59 Å². The molecule has 28 heavy (non-hydrogen) atoms. The summed E-state index contributed by atoms with van der Waals surface area (Å²) in [6, 6.07) is 7.29. The van der Waals surface area contributed by atoms with Crippen molar-refractivity contribution in [2.75, 3.05) is 19.0 Å². The Labute approximate surface area is 165 Å².